The Morgan fingerprint density at radius 1 is 1.22 bits per heavy atom. The molecule has 0 radical (unpaired) electrons. The van der Waals surface area contributed by atoms with Crippen LogP contribution in [0.3, 0.4) is 0 Å². The first-order valence-electron chi connectivity index (χ1n) is 10.7. The van der Waals surface area contributed by atoms with Crippen LogP contribution in [0.15, 0.2) is 18.3 Å². The first-order valence-corrected chi connectivity index (χ1v) is 11.5. The summed E-state index contributed by atoms with van der Waals surface area (Å²) in [5.41, 5.74) is 2.10. The van der Waals surface area contributed by atoms with Crippen molar-refractivity contribution in [3.05, 3.63) is 29.6 Å². The zero-order valence-electron chi connectivity index (χ0n) is 19.0. The lowest BCUT2D eigenvalue weighted by atomic mass is 10.2. The van der Waals surface area contributed by atoms with Crippen LogP contribution in [-0.2, 0) is 11.8 Å². The van der Waals surface area contributed by atoms with Crippen LogP contribution in [0.1, 0.15) is 22.5 Å². The molecule has 0 aliphatic carbocycles. The van der Waals surface area contributed by atoms with E-state index < -0.39 is 0 Å². The Labute approximate surface area is 191 Å². The summed E-state index contributed by atoms with van der Waals surface area (Å²) in [6, 6.07) is 3.69. The summed E-state index contributed by atoms with van der Waals surface area (Å²) in [6.07, 6.45) is 2.54. The van der Waals surface area contributed by atoms with E-state index in [9.17, 15) is 4.79 Å². The number of thiazole rings is 1. The molecular formula is C22H29N5O4S. The summed E-state index contributed by atoms with van der Waals surface area (Å²) in [4.78, 5) is 22.6. The Hall–Kier alpha value is -2.69. The molecule has 1 aliphatic heterocycles. The molecule has 9 nitrogen and oxygen atoms in total. The lowest BCUT2D eigenvalue weighted by Gasteiger charge is -2.27. The van der Waals surface area contributed by atoms with E-state index in [1.165, 1.54) is 11.3 Å². The monoisotopic (exact) mass is 459 g/mol. The van der Waals surface area contributed by atoms with Crippen LogP contribution in [0.2, 0.25) is 0 Å². The highest BCUT2D eigenvalue weighted by Gasteiger charge is 2.27. The molecule has 1 amide bonds. The second-order valence-electron chi connectivity index (χ2n) is 7.71. The highest BCUT2D eigenvalue weighted by Crippen LogP contribution is 2.40. The largest absolute Gasteiger partial charge is 0.495 e. The highest BCUT2D eigenvalue weighted by atomic mass is 32.1. The maximum Gasteiger partial charge on any atom is 0.278 e. The van der Waals surface area contributed by atoms with Crippen molar-refractivity contribution in [1.82, 2.24) is 19.7 Å². The van der Waals surface area contributed by atoms with Gasteiger partial charge < -0.3 is 14.2 Å². The predicted molar refractivity (Wildman–Crippen MR) is 124 cm³/mol. The van der Waals surface area contributed by atoms with Gasteiger partial charge in [-0.1, -0.05) is 11.3 Å². The second-order valence-corrected chi connectivity index (χ2v) is 8.69. The molecule has 1 saturated heterocycles. The number of anilines is 1. The number of methoxy groups -OCH3 is 2. The number of benzene rings is 1. The van der Waals surface area contributed by atoms with Crippen molar-refractivity contribution in [2.24, 2.45) is 7.05 Å². The number of nitrogens with zero attached hydrogens (tertiary/aromatic N) is 5. The Balaban J connectivity index is 1.67. The van der Waals surface area contributed by atoms with Gasteiger partial charge in [0.2, 0.25) is 0 Å². The minimum Gasteiger partial charge on any atom is -0.495 e. The van der Waals surface area contributed by atoms with Gasteiger partial charge in [0, 0.05) is 33.2 Å². The van der Waals surface area contributed by atoms with E-state index in [-0.39, 0.29) is 5.91 Å². The lowest BCUT2D eigenvalue weighted by molar-refractivity contribution is 0.0376. The molecule has 172 valence electrons. The summed E-state index contributed by atoms with van der Waals surface area (Å²) >= 11 is 1.44. The number of morpholine rings is 1. The predicted octanol–water partition coefficient (Wildman–Crippen LogP) is 2.72. The van der Waals surface area contributed by atoms with Gasteiger partial charge in [0.05, 0.1) is 33.6 Å². The number of rotatable bonds is 8. The third-order valence-corrected chi connectivity index (χ3v) is 6.75. The van der Waals surface area contributed by atoms with Gasteiger partial charge in [-0.2, -0.15) is 5.10 Å². The molecular weight excluding hydrogens is 430 g/mol. The highest BCUT2D eigenvalue weighted by molar-refractivity contribution is 7.22. The van der Waals surface area contributed by atoms with Crippen LogP contribution in [0.4, 0.5) is 5.13 Å². The summed E-state index contributed by atoms with van der Waals surface area (Å²) in [7, 11) is 5.03. The summed E-state index contributed by atoms with van der Waals surface area (Å²) in [6.45, 7) is 6.70. The fraction of sp³-hybridized carbons (Fsp3) is 0.500. The van der Waals surface area contributed by atoms with E-state index in [4.69, 9.17) is 19.2 Å². The molecule has 1 aromatic carbocycles. The van der Waals surface area contributed by atoms with E-state index in [1.807, 2.05) is 19.1 Å². The molecule has 0 N–H and O–H groups in total. The molecule has 2 aromatic heterocycles. The first-order chi connectivity index (χ1) is 15.5. The molecule has 3 heterocycles. The Bertz CT molecular complexity index is 1030. The van der Waals surface area contributed by atoms with Gasteiger partial charge in [0.1, 0.15) is 27.4 Å². The summed E-state index contributed by atoms with van der Waals surface area (Å²) in [5, 5.41) is 4.88. The van der Waals surface area contributed by atoms with Crippen molar-refractivity contribution < 1.29 is 19.0 Å². The third kappa shape index (κ3) is 4.43. The van der Waals surface area contributed by atoms with Crippen molar-refractivity contribution >= 4 is 32.6 Å². The number of amides is 1. The lowest BCUT2D eigenvalue weighted by Crippen LogP contribution is -2.39. The number of hydrogen-bond donors (Lipinski definition) is 0. The van der Waals surface area contributed by atoms with Crippen LogP contribution >= 0.6 is 11.3 Å². The minimum atomic E-state index is -0.110. The molecule has 0 bridgehead atoms. The Morgan fingerprint density at radius 3 is 2.59 bits per heavy atom. The van der Waals surface area contributed by atoms with Crippen molar-refractivity contribution in [2.75, 3.05) is 58.5 Å². The number of carbonyl (C=O) groups excluding carboxylic acids is 1. The fourth-order valence-electron chi connectivity index (χ4n) is 3.93. The zero-order chi connectivity index (χ0) is 22.7. The number of fused-ring (bicyclic) bond motifs is 1. The van der Waals surface area contributed by atoms with Gasteiger partial charge in [0.15, 0.2) is 5.13 Å². The minimum absolute atomic E-state index is 0.110. The van der Waals surface area contributed by atoms with E-state index in [0.29, 0.717) is 34.4 Å². The van der Waals surface area contributed by atoms with Crippen LogP contribution in [0.5, 0.6) is 11.5 Å². The topological polar surface area (TPSA) is 82.0 Å². The van der Waals surface area contributed by atoms with Crippen LogP contribution < -0.4 is 14.4 Å². The Morgan fingerprint density at radius 2 is 1.94 bits per heavy atom. The number of aryl methyl sites for hydroxylation is 2. The van der Waals surface area contributed by atoms with E-state index in [1.54, 1.807) is 37.0 Å². The van der Waals surface area contributed by atoms with Gasteiger partial charge in [-0.05, 0) is 31.0 Å². The van der Waals surface area contributed by atoms with Gasteiger partial charge in [-0.15, -0.1) is 0 Å². The van der Waals surface area contributed by atoms with E-state index in [2.05, 4.69) is 10.00 Å². The summed E-state index contributed by atoms with van der Waals surface area (Å²) < 4.78 is 19.0. The molecule has 32 heavy (non-hydrogen) atoms. The molecule has 1 aliphatic rings. The number of hydrogen-bond acceptors (Lipinski definition) is 8. The number of ether oxygens (including phenoxy) is 3. The normalized spacial score (nSPS) is 14.6. The molecule has 0 unspecified atom stereocenters. The van der Waals surface area contributed by atoms with E-state index in [0.717, 1.165) is 49.5 Å². The number of aromatic nitrogens is 3. The SMILES string of the molecule is COc1ccc(OC)c2sc(N(CCCN3CCOCC3)C(=O)c3c(C)cnn3C)nc12. The van der Waals surface area contributed by atoms with Crippen LogP contribution in [0.25, 0.3) is 10.2 Å². The smallest absolute Gasteiger partial charge is 0.278 e. The van der Waals surface area contributed by atoms with Crippen molar-refractivity contribution in [3.8, 4) is 11.5 Å². The quantitative estimate of drug-likeness (QED) is 0.512. The summed E-state index contributed by atoms with van der Waals surface area (Å²) in [5.74, 6) is 1.25. The van der Waals surface area contributed by atoms with Crippen molar-refractivity contribution in [1.29, 1.82) is 0 Å². The van der Waals surface area contributed by atoms with Crippen molar-refractivity contribution in [3.63, 3.8) is 0 Å². The number of carbonyl (C=O) groups is 1. The molecule has 0 atom stereocenters. The van der Waals surface area contributed by atoms with Gasteiger partial charge >= 0.3 is 0 Å². The van der Waals surface area contributed by atoms with Crippen LogP contribution in [0, 0.1) is 6.92 Å². The van der Waals surface area contributed by atoms with Gasteiger partial charge in [-0.3, -0.25) is 19.3 Å². The fourth-order valence-corrected chi connectivity index (χ4v) is 5.03. The molecule has 4 rings (SSSR count). The average molecular weight is 460 g/mol. The standard InChI is InChI=1S/C22H29N5O4S/c1-15-14-23-25(2)19(15)21(28)27(9-5-8-26-10-12-31-13-11-26)22-24-18-16(29-3)6-7-17(30-4)20(18)32-22/h6-7,14H,5,8-13H2,1-4H3. The molecule has 3 aromatic rings. The van der Waals surface area contributed by atoms with Crippen molar-refractivity contribution in [2.45, 2.75) is 13.3 Å². The molecule has 0 saturated carbocycles. The maximum absolute atomic E-state index is 13.7. The third-order valence-electron chi connectivity index (χ3n) is 5.66. The Kier molecular flexibility index (Phi) is 6.92. The first kappa shape index (κ1) is 22.5. The maximum atomic E-state index is 13.7. The second kappa shape index (κ2) is 9.85. The molecule has 10 heteroatoms. The van der Waals surface area contributed by atoms with E-state index >= 15 is 0 Å². The average Bonchev–Trinajstić information content (AvgIpc) is 3.39. The van der Waals surface area contributed by atoms with Gasteiger partial charge in [0.25, 0.3) is 5.91 Å². The molecule has 1 fully saturated rings. The zero-order valence-corrected chi connectivity index (χ0v) is 19.8. The van der Waals surface area contributed by atoms with Gasteiger partial charge in [-0.25, -0.2) is 4.98 Å². The van der Waals surface area contributed by atoms with Crippen LogP contribution in [-0.4, -0.2) is 79.2 Å². The molecule has 0 spiro atoms.